The van der Waals surface area contributed by atoms with Crippen LogP contribution < -0.4 is 15.4 Å². The van der Waals surface area contributed by atoms with Crippen molar-refractivity contribution in [3.63, 3.8) is 0 Å². The number of likely N-dealkylation sites (N-methyl/N-ethyl adjacent to an activating group) is 1. The summed E-state index contributed by atoms with van der Waals surface area (Å²) in [5, 5.41) is 5.92. The number of ether oxygens (including phenoxy) is 1. The lowest BCUT2D eigenvalue weighted by molar-refractivity contribution is -0.123. The van der Waals surface area contributed by atoms with Gasteiger partial charge in [-0.25, -0.2) is 8.42 Å². The van der Waals surface area contributed by atoms with Gasteiger partial charge in [0.05, 0.1) is 17.1 Å². The topological polar surface area (TPSA) is 105 Å². The highest BCUT2D eigenvalue weighted by Gasteiger charge is 2.31. The zero-order chi connectivity index (χ0) is 22.9. The molecule has 1 atom stereocenters. The monoisotopic (exact) mass is 465 g/mol. The SMILES string of the molecule is CC[C@@H]1Oc2cc(S(=O)(=O)N(C)CC(=O)Nc3cccc(Cl)c3C)c(C)cc2NC1=O. The molecule has 3 rings (SSSR count). The van der Waals surface area contributed by atoms with Crippen LogP contribution in [0.1, 0.15) is 24.5 Å². The van der Waals surface area contributed by atoms with Gasteiger partial charge < -0.3 is 15.4 Å². The molecule has 2 N–H and O–H groups in total. The van der Waals surface area contributed by atoms with Crippen LogP contribution in [0, 0.1) is 13.8 Å². The van der Waals surface area contributed by atoms with Gasteiger partial charge in [-0.2, -0.15) is 4.31 Å². The van der Waals surface area contributed by atoms with Gasteiger partial charge in [-0.15, -0.1) is 0 Å². The van der Waals surface area contributed by atoms with Crippen LogP contribution in [0.25, 0.3) is 0 Å². The number of hydrogen-bond acceptors (Lipinski definition) is 5. The number of amides is 2. The Morgan fingerprint density at radius 2 is 2.00 bits per heavy atom. The van der Waals surface area contributed by atoms with Crippen LogP contribution in [0.15, 0.2) is 35.2 Å². The Hall–Kier alpha value is -2.62. The van der Waals surface area contributed by atoms with Gasteiger partial charge in [-0.05, 0) is 49.6 Å². The van der Waals surface area contributed by atoms with Crippen LogP contribution >= 0.6 is 11.6 Å². The minimum atomic E-state index is -3.99. The lowest BCUT2D eigenvalue weighted by atomic mass is 10.1. The second-order valence-corrected chi connectivity index (χ2v) is 9.76. The van der Waals surface area contributed by atoms with Gasteiger partial charge in [0, 0.05) is 23.8 Å². The summed E-state index contributed by atoms with van der Waals surface area (Å²) < 4.78 is 32.9. The first-order chi connectivity index (χ1) is 14.5. The molecule has 8 nitrogen and oxygen atoms in total. The molecular weight excluding hydrogens is 442 g/mol. The van der Waals surface area contributed by atoms with Gasteiger partial charge in [-0.1, -0.05) is 24.6 Å². The summed E-state index contributed by atoms with van der Waals surface area (Å²) in [6, 6.07) is 8.03. The molecule has 166 valence electrons. The zero-order valence-corrected chi connectivity index (χ0v) is 19.2. The van der Waals surface area contributed by atoms with Gasteiger partial charge in [0.15, 0.2) is 6.10 Å². The highest BCUT2D eigenvalue weighted by atomic mass is 35.5. The van der Waals surface area contributed by atoms with E-state index >= 15 is 0 Å². The van der Waals surface area contributed by atoms with Crippen LogP contribution in [0.3, 0.4) is 0 Å². The first-order valence-corrected chi connectivity index (χ1v) is 11.5. The van der Waals surface area contributed by atoms with Gasteiger partial charge in [0.2, 0.25) is 15.9 Å². The lowest BCUT2D eigenvalue weighted by Gasteiger charge is -2.27. The van der Waals surface area contributed by atoms with E-state index in [1.54, 1.807) is 45.0 Å². The highest BCUT2D eigenvalue weighted by molar-refractivity contribution is 7.89. The number of halogens is 1. The van der Waals surface area contributed by atoms with Crippen LogP contribution in [-0.2, 0) is 19.6 Å². The molecule has 0 saturated carbocycles. The van der Waals surface area contributed by atoms with Gasteiger partial charge in [-0.3, -0.25) is 9.59 Å². The van der Waals surface area contributed by atoms with E-state index in [2.05, 4.69) is 10.6 Å². The number of nitrogens with zero attached hydrogens (tertiary/aromatic N) is 1. The number of fused-ring (bicyclic) bond motifs is 1. The number of aryl methyl sites for hydroxylation is 1. The minimum absolute atomic E-state index is 0.00601. The summed E-state index contributed by atoms with van der Waals surface area (Å²) in [5.74, 6) is -0.486. The summed E-state index contributed by atoms with van der Waals surface area (Å²) in [5.41, 5.74) is 2.06. The van der Waals surface area contributed by atoms with Crippen LogP contribution in [0.2, 0.25) is 5.02 Å². The first-order valence-electron chi connectivity index (χ1n) is 9.68. The fourth-order valence-corrected chi connectivity index (χ4v) is 4.74. The fraction of sp³-hybridized carbons (Fsp3) is 0.333. The van der Waals surface area contributed by atoms with E-state index in [4.69, 9.17) is 16.3 Å². The zero-order valence-electron chi connectivity index (χ0n) is 17.7. The van der Waals surface area contributed by atoms with E-state index in [1.807, 2.05) is 0 Å². The van der Waals surface area contributed by atoms with Crippen molar-refractivity contribution < 1.29 is 22.7 Å². The summed E-state index contributed by atoms with van der Waals surface area (Å²) in [4.78, 5) is 24.5. The summed E-state index contributed by atoms with van der Waals surface area (Å²) in [7, 11) is -2.66. The fourth-order valence-electron chi connectivity index (χ4n) is 3.22. The Kier molecular flexibility index (Phi) is 6.59. The number of sulfonamides is 1. The second-order valence-electron chi connectivity index (χ2n) is 7.34. The molecule has 2 aromatic carbocycles. The molecule has 0 unspecified atom stereocenters. The smallest absolute Gasteiger partial charge is 0.265 e. The van der Waals surface area contributed by atoms with Crippen molar-refractivity contribution in [1.29, 1.82) is 0 Å². The van der Waals surface area contributed by atoms with Gasteiger partial charge in [0.1, 0.15) is 5.75 Å². The molecule has 2 aromatic rings. The van der Waals surface area contributed by atoms with Gasteiger partial charge >= 0.3 is 0 Å². The molecule has 1 aliphatic rings. The largest absolute Gasteiger partial charge is 0.478 e. The van der Waals surface area contributed by atoms with E-state index in [1.165, 1.54) is 13.1 Å². The van der Waals surface area contributed by atoms with Crippen molar-refractivity contribution in [3.8, 4) is 5.75 Å². The number of rotatable bonds is 6. The number of carbonyl (C=O) groups is 2. The van der Waals surface area contributed by atoms with Crippen molar-refractivity contribution in [1.82, 2.24) is 4.31 Å². The molecule has 0 bridgehead atoms. The third-order valence-electron chi connectivity index (χ3n) is 5.06. The van der Waals surface area contributed by atoms with Crippen molar-refractivity contribution >= 4 is 44.8 Å². The van der Waals surface area contributed by atoms with Gasteiger partial charge in [0.25, 0.3) is 5.91 Å². The molecule has 0 spiro atoms. The number of nitrogens with one attached hydrogen (secondary N) is 2. The number of carbonyl (C=O) groups excluding carboxylic acids is 2. The van der Waals surface area contributed by atoms with E-state index in [0.29, 0.717) is 33.9 Å². The normalized spacial score (nSPS) is 15.8. The van der Waals surface area contributed by atoms with Crippen molar-refractivity contribution in [2.45, 2.75) is 38.2 Å². The standard InChI is InChI=1S/C21H24ClN3O5S/c1-5-17-21(27)24-16-9-12(2)19(10-18(16)30-17)31(28,29)25(4)11-20(26)23-15-8-6-7-14(22)13(15)3/h6-10,17H,5,11H2,1-4H3,(H,23,26)(H,24,27)/t17-/m0/s1. The van der Waals surface area contributed by atoms with E-state index in [-0.39, 0.29) is 23.1 Å². The van der Waals surface area contributed by atoms with Crippen molar-refractivity contribution in [2.75, 3.05) is 24.2 Å². The Morgan fingerprint density at radius 1 is 1.29 bits per heavy atom. The molecule has 1 aliphatic heterocycles. The van der Waals surface area contributed by atoms with Crippen LogP contribution in [-0.4, -0.2) is 44.2 Å². The van der Waals surface area contributed by atoms with E-state index in [0.717, 1.165) is 4.31 Å². The predicted octanol–water partition coefficient (Wildman–Crippen LogP) is 3.33. The van der Waals surface area contributed by atoms with Crippen molar-refractivity contribution in [3.05, 3.63) is 46.5 Å². The second kappa shape index (κ2) is 8.86. The Labute approximate surface area is 186 Å². The van der Waals surface area contributed by atoms with E-state index in [9.17, 15) is 18.0 Å². The number of anilines is 2. The maximum atomic E-state index is 13.1. The highest BCUT2D eigenvalue weighted by Crippen LogP contribution is 2.35. The maximum Gasteiger partial charge on any atom is 0.265 e. The molecule has 2 amide bonds. The van der Waals surface area contributed by atoms with Crippen LogP contribution in [0.5, 0.6) is 5.75 Å². The minimum Gasteiger partial charge on any atom is -0.478 e. The molecule has 1 heterocycles. The summed E-state index contributed by atoms with van der Waals surface area (Å²) >= 11 is 6.07. The lowest BCUT2D eigenvalue weighted by Crippen LogP contribution is -2.37. The Morgan fingerprint density at radius 3 is 2.68 bits per heavy atom. The Bertz CT molecular complexity index is 1150. The molecule has 0 saturated heterocycles. The molecule has 31 heavy (non-hydrogen) atoms. The molecule has 10 heteroatoms. The average Bonchev–Trinajstić information content (AvgIpc) is 2.70. The molecular formula is C21H24ClN3O5S. The summed E-state index contributed by atoms with van der Waals surface area (Å²) in [6.07, 6.45) is -0.236. The molecule has 0 radical (unpaired) electrons. The molecule has 0 aliphatic carbocycles. The third kappa shape index (κ3) is 4.68. The first kappa shape index (κ1) is 23.1. The van der Waals surface area contributed by atoms with E-state index < -0.39 is 22.0 Å². The van der Waals surface area contributed by atoms with Crippen molar-refractivity contribution in [2.24, 2.45) is 0 Å². The molecule has 0 fully saturated rings. The summed E-state index contributed by atoms with van der Waals surface area (Å²) in [6.45, 7) is 4.79. The number of benzene rings is 2. The molecule has 0 aromatic heterocycles. The van der Waals surface area contributed by atoms with Crippen LogP contribution in [0.4, 0.5) is 11.4 Å². The predicted molar refractivity (Wildman–Crippen MR) is 119 cm³/mol. The maximum absolute atomic E-state index is 13.1. The Balaban J connectivity index is 1.81. The third-order valence-corrected chi connectivity index (χ3v) is 7.42. The number of hydrogen-bond donors (Lipinski definition) is 2. The quantitative estimate of drug-likeness (QED) is 0.680. The average molecular weight is 466 g/mol.